The van der Waals surface area contributed by atoms with Crippen LogP contribution in [0.5, 0.6) is 0 Å². The molecule has 2 atom stereocenters. The number of amides is 1. The average molecular weight is 205 g/mol. The largest absolute Gasteiger partial charge is 0.352 e. The second kappa shape index (κ2) is 4.43. The lowest BCUT2D eigenvalue weighted by Crippen LogP contribution is -2.42. The van der Waals surface area contributed by atoms with Crippen molar-refractivity contribution < 1.29 is 9.59 Å². The lowest BCUT2D eigenvalue weighted by molar-refractivity contribution is -0.120. The van der Waals surface area contributed by atoms with Gasteiger partial charge >= 0.3 is 0 Å². The number of rotatable bonds is 2. The van der Waals surface area contributed by atoms with E-state index in [0.717, 1.165) is 24.7 Å². The molecule has 2 unspecified atom stereocenters. The second-order valence-corrected chi connectivity index (χ2v) is 4.06. The van der Waals surface area contributed by atoms with E-state index in [9.17, 15) is 9.59 Å². The molecule has 0 bridgehead atoms. The van der Waals surface area contributed by atoms with Gasteiger partial charge in [0.2, 0.25) is 5.91 Å². The summed E-state index contributed by atoms with van der Waals surface area (Å²) in [7, 11) is 0. The maximum absolute atomic E-state index is 11.6. The van der Waals surface area contributed by atoms with Gasteiger partial charge in [0.15, 0.2) is 0 Å². The summed E-state index contributed by atoms with van der Waals surface area (Å²) >= 11 is 0. The molecule has 15 heavy (non-hydrogen) atoms. The molecular formula is C12H15NO2. The first-order chi connectivity index (χ1) is 7.33. The summed E-state index contributed by atoms with van der Waals surface area (Å²) in [5.74, 6) is 0.418. The standard InChI is InChI=1S/C12H15NO2/c14-7-6-9-8-13-12(15)11-5-3-1-2-4-10(9)11/h2,4-5,7,9-10H,1,3,6,8H2,(H,13,15). The summed E-state index contributed by atoms with van der Waals surface area (Å²) in [6, 6.07) is 0. The number of carbonyl (C=O) groups is 2. The Morgan fingerprint density at radius 3 is 3.13 bits per heavy atom. The fraction of sp³-hybridized carbons (Fsp3) is 0.500. The number of hydrogen-bond acceptors (Lipinski definition) is 2. The second-order valence-electron chi connectivity index (χ2n) is 4.06. The number of hydrogen-bond donors (Lipinski definition) is 1. The van der Waals surface area contributed by atoms with Gasteiger partial charge in [0.25, 0.3) is 0 Å². The first-order valence-corrected chi connectivity index (χ1v) is 5.41. The highest BCUT2D eigenvalue weighted by Crippen LogP contribution is 2.30. The molecule has 0 spiro atoms. The molecule has 0 aromatic heterocycles. The fourth-order valence-corrected chi connectivity index (χ4v) is 2.28. The first-order valence-electron chi connectivity index (χ1n) is 5.41. The van der Waals surface area contributed by atoms with Crippen molar-refractivity contribution in [2.75, 3.05) is 6.54 Å². The summed E-state index contributed by atoms with van der Waals surface area (Å²) < 4.78 is 0. The van der Waals surface area contributed by atoms with Crippen molar-refractivity contribution in [3.8, 4) is 0 Å². The normalized spacial score (nSPS) is 29.9. The van der Waals surface area contributed by atoms with E-state index in [4.69, 9.17) is 0 Å². The Bertz CT molecular complexity index is 331. The molecule has 1 saturated heterocycles. The van der Waals surface area contributed by atoms with Crippen LogP contribution in [0.3, 0.4) is 0 Å². The van der Waals surface area contributed by atoms with Crippen molar-refractivity contribution in [3.63, 3.8) is 0 Å². The zero-order valence-corrected chi connectivity index (χ0v) is 8.61. The Morgan fingerprint density at radius 1 is 1.47 bits per heavy atom. The van der Waals surface area contributed by atoms with Gasteiger partial charge in [-0.1, -0.05) is 18.2 Å². The molecule has 0 saturated carbocycles. The van der Waals surface area contributed by atoms with Crippen molar-refractivity contribution in [1.29, 1.82) is 0 Å². The lowest BCUT2D eigenvalue weighted by Gasteiger charge is -2.30. The third-order valence-electron chi connectivity index (χ3n) is 3.09. The van der Waals surface area contributed by atoms with E-state index in [2.05, 4.69) is 17.5 Å². The molecule has 3 heteroatoms. The Hall–Kier alpha value is -1.38. The Labute approximate surface area is 89.2 Å². The third kappa shape index (κ3) is 2.01. The van der Waals surface area contributed by atoms with Gasteiger partial charge in [0.1, 0.15) is 6.29 Å². The van der Waals surface area contributed by atoms with E-state index in [1.807, 2.05) is 6.08 Å². The van der Waals surface area contributed by atoms with E-state index >= 15 is 0 Å². The van der Waals surface area contributed by atoms with E-state index in [0.29, 0.717) is 13.0 Å². The van der Waals surface area contributed by atoms with Crippen LogP contribution in [-0.2, 0) is 9.59 Å². The van der Waals surface area contributed by atoms with Crippen molar-refractivity contribution in [2.45, 2.75) is 19.3 Å². The lowest BCUT2D eigenvalue weighted by atomic mass is 9.80. The molecule has 80 valence electrons. The monoisotopic (exact) mass is 205 g/mol. The summed E-state index contributed by atoms with van der Waals surface area (Å²) in [5.41, 5.74) is 0.849. The number of fused-ring (bicyclic) bond motifs is 1. The van der Waals surface area contributed by atoms with Crippen LogP contribution in [0.1, 0.15) is 19.3 Å². The molecular weight excluding hydrogens is 190 g/mol. The minimum Gasteiger partial charge on any atom is -0.352 e. The van der Waals surface area contributed by atoms with Crippen LogP contribution in [0.2, 0.25) is 0 Å². The van der Waals surface area contributed by atoms with E-state index in [1.165, 1.54) is 0 Å². The molecule has 2 aliphatic rings. The van der Waals surface area contributed by atoms with Crippen LogP contribution in [0.15, 0.2) is 23.8 Å². The molecule has 1 aliphatic carbocycles. The molecule has 3 nitrogen and oxygen atoms in total. The van der Waals surface area contributed by atoms with Crippen LogP contribution in [-0.4, -0.2) is 18.7 Å². The maximum atomic E-state index is 11.6. The molecule has 1 amide bonds. The van der Waals surface area contributed by atoms with Gasteiger partial charge in [-0.05, 0) is 18.8 Å². The predicted octanol–water partition coefficient (Wildman–Crippen LogP) is 1.21. The summed E-state index contributed by atoms with van der Waals surface area (Å²) in [6.45, 7) is 0.615. The Kier molecular flexibility index (Phi) is 2.99. The topological polar surface area (TPSA) is 46.2 Å². The molecule has 0 radical (unpaired) electrons. The molecule has 1 fully saturated rings. The number of nitrogens with one attached hydrogen (secondary N) is 1. The third-order valence-corrected chi connectivity index (χ3v) is 3.09. The zero-order chi connectivity index (χ0) is 10.7. The Morgan fingerprint density at radius 2 is 2.33 bits per heavy atom. The summed E-state index contributed by atoms with van der Waals surface area (Å²) in [6.07, 6.45) is 9.59. The molecule has 0 aromatic carbocycles. The van der Waals surface area contributed by atoms with E-state index < -0.39 is 0 Å². The van der Waals surface area contributed by atoms with E-state index in [-0.39, 0.29) is 17.7 Å². The van der Waals surface area contributed by atoms with Crippen LogP contribution >= 0.6 is 0 Å². The molecule has 1 heterocycles. The average Bonchev–Trinajstić information content (AvgIpc) is 2.48. The van der Waals surface area contributed by atoms with Gasteiger partial charge < -0.3 is 10.1 Å². The number of carbonyl (C=O) groups excluding carboxylic acids is 2. The number of allylic oxidation sites excluding steroid dienone is 3. The van der Waals surface area contributed by atoms with Crippen LogP contribution in [0.25, 0.3) is 0 Å². The van der Waals surface area contributed by atoms with Gasteiger partial charge in [-0.2, -0.15) is 0 Å². The van der Waals surface area contributed by atoms with Crippen molar-refractivity contribution in [1.82, 2.24) is 5.32 Å². The first kappa shape index (κ1) is 10.1. The molecule has 1 aliphatic heterocycles. The van der Waals surface area contributed by atoms with Crippen molar-refractivity contribution in [2.24, 2.45) is 11.8 Å². The van der Waals surface area contributed by atoms with Crippen LogP contribution in [0, 0.1) is 11.8 Å². The van der Waals surface area contributed by atoms with Gasteiger partial charge in [0.05, 0.1) is 0 Å². The zero-order valence-electron chi connectivity index (χ0n) is 8.61. The number of piperidine rings is 1. The highest BCUT2D eigenvalue weighted by Gasteiger charge is 2.31. The minimum atomic E-state index is 0.0358. The predicted molar refractivity (Wildman–Crippen MR) is 57.1 cm³/mol. The highest BCUT2D eigenvalue weighted by molar-refractivity contribution is 5.95. The highest BCUT2D eigenvalue weighted by atomic mass is 16.1. The summed E-state index contributed by atoms with van der Waals surface area (Å²) in [5, 5.41) is 2.84. The van der Waals surface area contributed by atoms with Crippen molar-refractivity contribution >= 4 is 12.2 Å². The van der Waals surface area contributed by atoms with Gasteiger partial charge in [-0.25, -0.2) is 0 Å². The van der Waals surface area contributed by atoms with Gasteiger partial charge in [-0.3, -0.25) is 4.79 Å². The summed E-state index contributed by atoms with van der Waals surface area (Å²) in [4.78, 5) is 22.2. The quantitative estimate of drug-likeness (QED) is 0.544. The maximum Gasteiger partial charge on any atom is 0.247 e. The van der Waals surface area contributed by atoms with Crippen LogP contribution < -0.4 is 5.32 Å². The molecule has 2 rings (SSSR count). The Balaban J connectivity index is 2.25. The van der Waals surface area contributed by atoms with Crippen LogP contribution in [0.4, 0.5) is 0 Å². The molecule has 0 aromatic rings. The van der Waals surface area contributed by atoms with Gasteiger partial charge in [0, 0.05) is 24.5 Å². The fourth-order valence-electron chi connectivity index (χ4n) is 2.28. The minimum absolute atomic E-state index is 0.0358. The molecule has 1 N–H and O–H groups in total. The smallest absolute Gasteiger partial charge is 0.247 e. The number of aldehydes is 1. The van der Waals surface area contributed by atoms with Crippen molar-refractivity contribution in [3.05, 3.63) is 23.8 Å². The SMILES string of the molecule is O=CCC1CNC(=O)C2=CCCC=CC21. The van der Waals surface area contributed by atoms with Gasteiger partial charge in [-0.15, -0.1) is 0 Å². The van der Waals surface area contributed by atoms with E-state index in [1.54, 1.807) is 0 Å².